The van der Waals surface area contributed by atoms with E-state index < -0.39 is 0 Å². The van der Waals surface area contributed by atoms with Crippen molar-refractivity contribution in [2.75, 3.05) is 43.0 Å². The van der Waals surface area contributed by atoms with Gasteiger partial charge in [-0.25, -0.2) is 4.98 Å². The van der Waals surface area contributed by atoms with Gasteiger partial charge in [0.2, 0.25) is 5.91 Å². The van der Waals surface area contributed by atoms with Crippen molar-refractivity contribution < 1.29 is 4.79 Å². The van der Waals surface area contributed by atoms with Gasteiger partial charge in [0.25, 0.3) is 0 Å². The maximum Gasteiger partial charge on any atom is 0.237 e. The second-order valence-electron chi connectivity index (χ2n) is 11.3. The predicted octanol–water partition coefficient (Wildman–Crippen LogP) is 5.15. The molecule has 0 atom stereocenters. The molecule has 0 unspecified atom stereocenters. The summed E-state index contributed by atoms with van der Waals surface area (Å²) in [6, 6.07) is 11.6. The van der Waals surface area contributed by atoms with Gasteiger partial charge in [0, 0.05) is 48.9 Å². The van der Waals surface area contributed by atoms with Crippen molar-refractivity contribution in [2.45, 2.75) is 62.8 Å². The van der Waals surface area contributed by atoms with E-state index >= 15 is 0 Å². The fourth-order valence-electron chi connectivity index (χ4n) is 7.14. The van der Waals surface area contributed by atoms with Crippen LogP contribution in [0.2, 0.25) is 0 Å². The molecule has 6 nitrogen and oxygen atoms in total. The van der Waals surface area contributed by atoms with Crippen LogP contribution in [0.25, 0.3) is 22.0 Å². The third kappa shape index (κ3) is 3.37. The molecule has 2 saturated heterocycles. The van der Waals surface area contributed by atoms with E-state index in [2.05, 4.69) is 40.1 Å². The molecule has 36 heavy (non-hydrogen) atoms. The van der Waals surface area contributed by atoms with Crippen LogP contribution in [0.4, 0.5) is 11.5 Å². The number of rotatable bonds is 3. The summed E-state index contributed by atoms with van der Waals surface area (Å²) in [7, 11) is 1.89. The van der Waals surface area contributed by atoms with Gasteiger partial charge in [-0.05, 0) is 81.4 Å². The number of amides is 1. The second-order valence-corrected chi connectivity index (χ2v) is 11.3. The van der Waals surface area contributed by atoms with E-state index in [-0.39, 0.29) is 11.3 Å². The maximum atomic E-state index is 13.1. The van der Waals surface area contributed by atoms with Crippen molar-refractivity contribution in [1.29, 1.82) is 0 Å². The molecule has 2 aromatic heterocycles. The summed E-state index contributed by atoms with van der Waals surface area (Å²) in [5.41, 5.74) is 5.04. The van der Waals surface area contributed by atoms with Crippen LogP contribution in [0.3, 0.4) is 0 Å². The Bertz CT molecular complexity index is 1300. The topological polar surface area (TPSA) is 52.6 Å². The first-order valence-corrected chi connectivity index (χ1v) is 13.8. The zero-order chi connectivity index (χ0) is 24.3. The molecular weight excluding hydrogens is 446 g/mol. The van der Waals surface area contributed by atoms with Gasteiger partial charge >= 0.3 is 0 Å². The predicted molar refractivity (Wildman–Crippen MR) is 145 cm³/mol. The molecule has 1 amide bonds. The largest absolute Gasteiger partial charge is 0.357 e. The first kappa shape index (κ1) is 22.2. The van der Waals surface area contributed by atoms with Crippen molar-refractivity contribution in [3.8, 4) is 11.1 Å². The molecule has 4 aliphatic rings. The first-order chi connectivity index (χ1) is 17.6. The van der Waals surface area contributed by atoms with E-state index in [0.717, 1.165) is 71.9 Å². The number of carbonyl (C=O) groups excluding carboxylic acids is 1. The normalized spacial score (nSPS) is 22.3. The van der Waals surface area contributed by atoms with Gasteiger partial charge in [0.15, 0.2) is 0 Å². The minimum Gasteiger partial charge on any atom is -0.357 e. The molecular formula is C30H35N5O. The number of nitrogens with zero attached hydrogens (tertiary/aromatic N) is 5. The van der Waals surface area contributed by atoms with Gasteiger partial charge in [-0.3, -0.25) is 9.78 Å². The van der Waals surface area contributed by atoms with E-state index in [1.54, 1.807) is 0 Å². The fourth-order valence-corrected chi connectivity index (χ4v) is 7.14. The Morgan fingerprint density at radius 1 is 0.861 bits per heavy atom. The SMILES string of the molecule is CN1C(=O)C2(CCC2)c2c1cnc1ccc(-c3ccc(N4CCC(N5CCCCC5)CC4)nc3)cc21. The number of benzene rings is 1. The number of fused-ring (bicyclic) bond motifs is 4. The van der Waals surface area contributed by atoms with Gasteiger partial charge in [-0.15, -0.1) is 0 Å². The van der Waals surface area contributed by atoms with Crippen LogP contribution in [-0.2, 0) is 10.2 Å². The Balaban J connectivity index is 1.13. The third-order valence-electron chi connectivity index (χ3n) is 9.39. The van der Waals surface area contributed by atoms with Crippen molar-refractivity contribution in [1.82, 2.24) is 14.9 Å². The number of anilines is 2. The molecule has 3 aliphatic heterocycles. The van der Waals surface area contributed by atoms with Crippen LogP contribution in [-0.4, -0.2) is 60.0 Å². The summed E-state index contributed by atoms with van der Waals surface area (Å²) in [5.74, 6) is 1.32. The Hall–Kier alpha value is -2.99. The number of aromatic nitrogens is 2. The molecule has 0 radical (unpaired) electrons. The summed E-state index contributed by atoms with van der Waals surface area (Å²) >= 11 is 0. The van der Waals surface area contributed by atoms with E-state index in [1.807, 2.05) is 24.3 Å². The van der Waals surface area contributed by atoms with E-state index in [0.29, 0.717) is 0 Å². The number of hydrogen-bond acceptors (Lipinski definition) is 5. The molecule has 1 aliphatic carbocycles. The fraction of sp³-hybridized carbons (Fsp3) is 0.500. The Morgan fingerprint density at radius 3 is 2.33 bits per heavy atom. The number of hydrogen-bond donors (Lipinski definition) is 0. The standard InChI is InChI=1S/C30H35N5O/c1-33-26-20-31-25-8-6-21(18-24(25)28(26)30(29(33)36)12-5-13-30)22-7-9-27(32-19-22)35-16-10-23(11-17-35)34-14-3-2-4-15-34/h6-9,18-20,23H,2-5,10-17H2,1H3. The molecule has 0 bridgehead atoms. The highest BCUT2D eigenvalue weighted by Crippen LogP contribution is 2.55. The number of carbonyl (C=O) groups is 1. The number of likely N-dealkylation sites (tertiary alicyclic amines) is 1. The van der Waals surface area contributed by atoms with Crippen LogP contribution >= 0.6 is 0 Å². The third-order valence-corrected chi connectivity index (χ3v) is 9.39. The molecule has 1 saturated carbocycles. The molecule has 0 N–H and O–H groups in total. The van der Waals surface area contributed by atoms with Crippen LogP contribution in [0.15, 0.2) is 42.7 Å². The number of likely N-dealkylation sites (N-methyl/N-ethyl adjacent to an activating group) is 1. The Labute approximate surface area is 213 Å². The highest BCUT2D eigenvalue weighted by Gasteiger charge is 2.54. The zero-order valence-electron chi connectivity index (χ0n) is 21.2. The first-order valence-electron chi connectivity index (χ1n) is 13.8. The Morgan fingerprint density at radius 2 is 1.64 bits per heavy atom. The number of pyridine rings is 2. The molecule has 7 rings (SSSR count). The van der Waals surface area contributed by atoms with Gasteiger partial charge in [-0.1, -0.05) is 18.9 Å². The monoisotopic (exact) mass is 481 g/mol. The molecule has 3 aromatic rings. The minimum absolute atomic E-state index is 0.235. The van der Waals surface area contributed by atoms with Crippen LogP contribution < -0.4 is 9.80 Å². The van der Waals surface area contributed by atoms with Gasteiger partial charge in [0.05, 0.1) is 22.8 Å². The minimum atomic E-state index is -0.341. The molecule has 6 heteroatoms. The van der Waals surface area contributed by atoms with Gasteiger partial charge < -0.3 is 14.7 Å². The molecule has 1 spiro atoms. The molecule has 5 heterocycles. The Kier molecular flexibility index (Phi) is 5.28. The highest BCUT2D eigenvalue weighted by molar-refractivity contribution is 6.13. The lowest BCUT2D eigenvalue weighted by Gasteiger charge is -2.40. The average molecular weight is 482 g/mol. The van der Waals surface area contributed by atoms with E-state index in [9.17, 15) is 4.79 Å². The van der Waals surface area contributed by atoms with Crippen LogP contribution in [0.1, 0.15) is 56.9 Å². The molecule has 1 aromatic carbocycles. The van der Waals surface area contributed by atoms with Gasteiger partial charge in [0.1, 0.15) is 5.82 Å². The quantitative estimate of drug-likeness (QED) is 0.518. The summed E-state index contributed by atoms with van der Waals surface area (Å²) in [6.45, 7) is 4.75. The summed E-state index contributed by atoms with van der Waals surface area (Å²) in [4.78, 5) is 29.7. The smallest absolute Gasteiger partial charge is 0.237 e. The lowest BCUT2D eigenvalue weighted by Crippen LogP contribution is -2.46. The van der Waals surface area contributed by atoms with Crippen molar-refractivity contribution in [2.24, 2.45) is 0 Å². The molecule has 3 fully saturated rings. The van der Waals surface area contributed by atoms with Crippen LogP contribution in [0, 0.1) is 0 Å². The highest BCUT2D eigenvalue weighted by atomic mass is 16.2. The zero-order valence-corrected chi connectivity index (χ0v) is 21.2. The lowest BCUT2D eigenvalue weighted by molar-refractivity contribution is -0.125. The molecule has 186 valence electrons. The van der Waals surface area contributed by atoms with E-state index in [1.165, 1.54) is 50.8 Å². The maximum absolute atomic E-state index is 13.1. The van der Waals surface area contributed by atoms with Gasteiger partial charge in [-0.2, -0.15) is 0 Å². The van der Waals surface area contributed by atoms with Crippen molar-refractivity contribution >= 4 is 28.3 Å². The summed E-state index contributed by atoms with van der Waals surface area (Å²) in [6.07, 6.45) is 13.5. The average Bonchev–Trinajstić information content (AvgIpc) is 3.16. The van der Waals surface area contributed by atoms with Crippen molar-refractivity contribution in [3.63, 3.8) is 0 Å². The van der Waals surface area contributed by atoms with E-state index in [4.69, 9.17) is 9.97 Å². The number of piperidine rings is 2. The summed E-state index contributed by atoms with van der Waals surface area (Å²) in [5, 5.41) is 1.12. The van der Waals surface area contributed by atoms with Crippen molar-refractivity contribution in [3.05, 3.63) is 48.3 Å². The second kappa shape index (κ2) is 8.55. The lowest BCUT2D eigenvalue weighted by atomic mass is 9.64. The summed E-state index contributed by atoms with van der Waals surface area (Å²) < 4.78 is 0. The van der Waals surface area contributed by atoms with Crippen LogP contribution in [0.5, 0.6) is 0 Å².